The van der Waals surface area contributed by atoms with Gasteiger partial charge >= 0.3 is 0 Å². The third-order valence-corrected chi connectivity index (χ3v) is 3.59. The zero-order valence-electron chi connectivity index (χ0n) is 11.8. The molecule has 0 bridgehead atoms. The number of halogens is 1. The molecule has 1 aromatic carbocycles. The van der Waals surface area contributed by atoms with Crippen LogP contribution in [0.25, 0.3) is 11.4 Å². The van der Waals surface area contributed by atoms with Gasteiger partial charge in [0, 0.05) is 18.0 Å². The molecule has 1 aromatic heterocycles. The Morgan fingerprint density at radius 1 is 1.45 bits per heavy atom. The number of rotatable bonds is 6. The van der Waals surface area contributed by atoms with Crippen LogP contribution < -0.4 is 10.1 Å². The van der Waals surface area contributed by atoms with Gasteiger partial charge < -0.3 is 14.6 Å². The molecule has 1 N–H and O–H groups in total. The van der Waals surface area contributed by atoms with E-state index in [0.717, 1.165) is 28.9 Å². The molecule has 20 heavy (non-hydrogen) atoms. The second-order valence-corrected chi connectivity index (χ2v) is 5.37. The molecule has 2 rings (SSSR count). The van der Waals surface area contributed by atoms with Crippen LogP contribution in [0.5, 0.6) is 5.75 Å². The molecule has 0 saturated carbocycles. The molecule has 5 nitrogen and oxygen atoms in total. The smallest absolute Gasteiger partial charge is 0.231 e. The number of aromatic nitrogens is 2. The predicted molar refractivity (Wildman–Crippen MR) is 80.9 cm³/mol. The van der Waals surface area contributed by atoms with Crippen molar-refractivity contribution in [2.45, 2.75) is 19.8 Å². The minimum absolute atomic E-state index is 0.192. The molecule has 0 aliphatic rings. The summed E-state index contributed by atoms with van der Waals surface area (Å²) >= 11 is 3.45. The Bertz CT molecular complexity index is 571. The Balaban J connectivity index is 2.18. The Morgan fingerprint density at radius 3 is 2.90 bits per heavy atom. The summed E-state index contributed by atoms with van der Waals surface area (Å²) in [5.41, 5.74) is 0.892. The lowest BCUT2D eigenvalue weighted by Crippen LogP contribution is -2.19. The lowest BCUT2D eigenvalue weighted by Gasteiger charge is -2.05. The first kappa shape index (κ1) is 15.0. The van der Waals surface area contributed by atoms with Gasteiger partial charge in [-0.25, -0.2) is 0 Å². The van der Waals surface area contributed by atoms with Crippen molar-refractivity contribution in [2.24, 2.45) is 0 Å². The molecule has 6 heteroatoms. The molecule has 1 unspecified atom stereocenters. The van der Waals surface area contributed by atoms with Gasteiger partial charge in [-0.2, -0.15) is 4.98 Å². The summed E-state index contributed by atoms with van der Waals surface area (Å²) in [6.45, 7) is 5.88. The molecule has 0 aliphatic carbocycles. The Morgan fingerprint density at radius 2 is 2.25 bits per heavy atom. The van der Waals surface area contributed by atoms with Gasteiger partial charge in [0.05, 0.1) is 11.6 Å². The van der Waals surface area contributed by atoms with Crippen LogP contribution in [-0.4, -0.2) is 30.3 Å². The SMILES string of the molecule is CCNCC(C)c1nc(-c2ccc(OC)c(Br)c2)no1. The molecule has 0 amide bonds. The first-order valence-electron chi connectivity index (χ1n) is 6.54. The van der Waals surface area contributed by atoms with Crippen LogP contribution >= 0.6 is 15.9 Å². The fourth-order valence-electron chi connectivity index (χ4n) is 1.81. The number of hydrogen-bond donors (Lipinski definition) is 1. The van der Waals surface area contributed by atoms with E-state index in [1.54, 1.807) is 7.11 Å². The van der Waals surface area contributed by atoms with E-state index in [1.807, 2.05) is 18.2 Å². The zero-order valence-corrected chi connectivity index (χ0v) is 13.4. The van der Waals surface area contributed by atoms with Crippen LogP contribution in [0.2, 0.25) is 0 Å². The van der Waals surface area contributed by atoms with Crippen molar-refractivity contribution in [1.82, 2.24) is 15.5 Å². The van der Waals surface area contributed by atoms with Gasteiger partial charge in [-0.1, -0.05) is 19.0 Å². The molecule has 0 fully saturated rings. The molecule has 2 aromatic rings. The number of hydrogen-bond acceptors (Lipinski definition) is 5. The average Bonchev–Trinajstić information content (AvgIpc) is 2.94. The van der Waals surface area contributed by atoms with E-state index in [-0.39, 0.29) is 5.92 Å². The molecular formula is C14H18BrN3O2. The third-order valence-electron chi connectivity index (χ3n) is 2.97. The molecule has 0 saturated heterocycles. The van der Waals surface area contributed by atoms with Crippen molar-refractivity contribution in [3.63, 3.8) is 0 Å². The number of ether oxygens (including phenoxy) is 1. The average molecular weight is 340 g/mol. The van der Waals surface area contributed by atoms with Gasteiger partial charge in [0.2, 0.25) is 11.7 Å². The van der Waals surface area contributed by atoms with Crippen molar-refractivity contribution >= 4 is 15.9 Å². The summed E-state index contributed by atoms with van der Waals surface area (Å²) in [5, 5.41) is 7.30. The van der Waals surface area contributed by atoms with E-state index in [9.17, 15) is 0 Å². The third kappa shape index (κ3) is 3.37. The van der Waals surface area contributed by atoms with Gasteiger partial charge in [-0.05, 0) is 40.7 Å². The number of nitrogens with one attached hydrogen (secondary N) is 1. The van der Waals surface area contributed by atoms with Crippen molar-refractivity contribution in [3.05, 3.63) is 28.6 Å². The second kappa shape index (κ2) is 6.85. The Kier molecular flexibility index (Phi) is 5.14. The molecule has 1 atom stereocenters. The van der Waals surface area contributed by atoms with E-state index < -0.39 is 0 Å². The maximum atomic E-state index is 5.33. The van der Waals surface area contributed by atoms with Gasteiger partial charge in [0.25, 0.3) is 0 Å². The predicted octanol–water partition coefficient (Wildman–Crippen LogP) is 3.22. The number of nitrogens with zero attached hydrogens (tertiary/aromatic N) is 2. The first-order chi connectivity index (χ1) is 9.65. The number of benzene rings is 1. The summed E-state index contributed by atoms with van der Waals surface area (Å²) in [4.78, 5) is 4.45. The highest BCUT2D eigenvalue weighted by atomic mass is 79.9. The summed E-state index contributed by atoms with van der Waals surface area (Å²) in [7, 11) is 1.63. The maximum Gasteiger partial charge on any atom is 0.231 e. The van der Waals surface area contributed by atoms with Crippen LogP contribution in [0, 0.1) is 0 Å². The van der Waals surface area contributed by atoms with Gasteiger partial charge in [0.15, 0.2) is 0 Å². The molecule has 0 spiro atoms. The van der Waals surface area contributed by atoms with E-state index in [0.29, 0.717) is 11.7 Å². The Hall–Kier alpha value is -1.40. The first-order valence-corrected chi connectivity index (χ1v) is 7.33. The largest absolute Gasteiger partial charge is 0.496 e. The van der Waals surface area contributed by atoms with Crippen LogP contribution in [0.15, 0.2) is 27.2 Å². The van der Waals surface area contributed by atoms with Crippen molar-refractivity contribution in [2.75, 3.05) is 20.2 Å². The number of methoxy groups -OCH3 is 1. The highest BCUT2D eigenvalue weighted by Gasteiger charge is 2.15. The topological polar surface area (TPSA) is 60.2 Å². The fourth-order valence-corrected chi connectivity index (χ4v) is 2.35. The van der Waals surface area contributed by atoms with Gasteiger partial charge in [-0.15, -0.1) is 0 Å². The molecular weight excluding hydrogens is 322 g/mol. The second-order valence-electron chi connectivity index (χ2n) is 4.51. The minimum atomic E-state index is 0.192. The van der Waals surface area contributed by atoms with E-state index >= 15 is 0 Å². The minimum Gasteiger partial charge on any atom is -0.496 e. The molecule has 0 aliphatic heterocycles. The zero-order chi connectivity index (χ0) is 14.5. The van der Waals surface area contributed by atoms with Crippen molar-refractivity contribution in [3.8, 4) is 17.1 Å². The van der Waals surface area contributed by atoms with E-state index in [2.05, 4.69) is 45.2 Å². The van der Waals surface area contributed by atoms with Crippen LogP contribution in [0.4, 0.5) is 0 Å². The molecule has 0 radical (unpaired) electrons. The van der Waals surface area contributed by atoms with Crippen LogP contribution in [-0.2, 0) is 0 Å². The fraction of sp³-hybridized carbons (Fsp3) is 0.429. The van der Waals surface area contributed by atoms with E-state index in [4.69, 9.17) is 9.26 Å². The maximum absolute atomic E-state index is 5.33. The van der Waals surface area contributed by atoms with Crippen LogP contribution in [0.1, 0.15) is 25.7 Å². The van der Waals surface area contributed by atoms with Crippen molar-refractivity contribution in [1.29, 1.82) is 0 Å². The monoisotopic (exact) mass is 339 g/mol. The summed E-state index contributed by atoms with van der Waals surface area (Å²) in [6.07, 6.45) is 0. The lowest BCUT2D eigenvalue weighted by molar-refractivity contribution is 0.355. The molecule has 1 heterocycles. The lowest BCUT2D eigenvalue weighted by atomic mass is 10.1. The Labute approximate surface area is 126 Å². The summed E-state index contributed by atoms with van der Waals surface area (Å²) in [5.74, 6) is 2.20. The quantitative estimate of drug-likeness (QED) is 0.875. The standard InChI is InChI=1S/C14H18BrN3O2/c1-4-16-8-9(2)14-17-13(18-20-14)10-5-6-12(19-3)11(15)7-10/h5-7,9,16H,4,8H2,1-3H3. The van der Waals surface area contributed by atoms with E-state index in [1.165, 1.54) is 0 Å². The highest BCUT2D eigenvalue weighted by molar-refractivity contribution is 9.10. The number of likely N-dealkylation sites (N-methyl/N-ethyl adjacent to an activating group) is 1. The highest BCUT2D eigenvalue weighted by Crippen LogP contribution is 2.29. The van der Waals surface area contributed by atoms with Gasteiger partial charge in [-0.3, -0.25) is 0 Å². The summed E-state index contributed by atoms with van der Waals surface area (Å²) in [6, 6.07) is 5.70. The summed E-state index contributed by atoms with van der Waals surface area (Å²) < 4.78 is 11.4. The van der Waals surface area contributed by atoms with Crippen LogP contribution in [0.3, 0.4) is 0 Å². The normalized spacial score (nSPS) is 12.4. The van der Waals surface area contributed by atoms with Crippen molar-refractivity contribution < 1.29 is 9.26 Å². The molecule has 108 valence electrons. The van der Waals surface area contributed by atoms with Gasteiger partial charge in [0.1, 0.15) is 5.75 Å².